The second-order valence-electron chi connectivity index (χ2n) is 11.8. The van der Waals surface area contributed by atoms with E-state index in [9.17, 15) is 14.0 Å². The average Bonchev–Trinajstić information content (AvgIpc) is 3.72. The topological polar surface area (TPSA) is 133 Å². The van der Waals surface area contributed by atoms with Crippen LogP contribution in [-0.4, -0.2) is 29.8 Å². The van der Waals surface area contributed by atoms with Crippen molar-refractivity contribution in [3.05, 3.63) is 139 Å². The zero-order valence-corrected chi connectivity index (χ0v) is 26.5. The number of halogens is 1. The lowest BCUT2D eigenvalue weighted by molar-refractivity contribution is 0.379. The molecule has 0 radical (unpaired) electrons. The molecule has 3 heterocycles. The lowest BCUT2D eigenvalue weighted by atomic mass is 9.98. The Morgan fingerprint density at radius 3 is 2.32 bits per heavy atom. The molecule has 0 aliphatic heterocycles. The molecule has 11 heteroatoms. The van der Waals surface area contributed by atoms with Crippen LogP contribution in [0.3, 0.4) is 0 Å². The van der Waals surface area contributed by atoms with Crippen LogP contribution in [0, 0.1) is 5.82 Å². The Bertz CT molecular complexity index is 2110. The molecule has 0 saturated carbocycles. The lowest BCUT2D eigenvalue weighted by Gasteiger charge is -2.19. The van der Waals surface area contributed by atoms with Crippen LogP contribution >= 0.6 is 0 Å². The highest BCUT2D eigenvalue weighted by Crippen LogP contribution is 2.30. The van der Waals surface area contributed by atoms with Gasteiger partial charge in [-0.2, -0.15) is 4.98 Å². The molecule has 0 atom stereocenters. The number of rotatable bonds is 12. The SMILES string of the molecule is CCCCc1nc(C(C)C)c(Cc2nc(Cc3ccccc3F)no2)c(=O)n1Cc1ccc(-c2ccccc2-c2noc(=O)[nH]2)cc1. The second kappa shape index (κ2) is 13.9. The van der Waals surface area contributed by atoms with Gasteiger partial charge >= 0.3 is 5.76 Å². The largest absolute Gasteiger partial charge is 0.439 e. The lowest BCUT2D eigenvalue weighted by Crippen LogP contribution is -2.31. The minimum atomic E-state index is -0.618. The van der Waals surface area contributed by atoms with Gasteiger partial charge in [-0.3, -0.25) is 18.9 Å². The normalized spacial score (nSPS) is 11.4. The maximum atomic E-state index is 14.3. The van der Waals surface area contributed by atoms with Gasteiger partial charge in [0.15, 0.2) is 11.6 Å². The van der Waals surface area contributed by atoms with E-state index in [1.165, 1.54) is 6.07 Å². The third kappa shape index (κ3) is 7.04. The fraction of sp³-hybridized carbons (Fsp3) is 0.278. The van der Waals surface area contributed by atoms with E-state index in [1.807, 2.05) is 62.4 Å². The number of nitrogens with one attached hydrogen (secondary N) is 1. The van der Waals surface area contributed by atoms with Gasteiger partial charge in [0.05, 0.1) is 18.7 Å². The molecule has 0 spiro atoms. The summed E-state index contributed by atoms with van der Waals surface area (Å²) in [6, 6.07) is 22.0. The fourth-order valence-corrected chi connectivity index (χ4v) is 5.65. The second-order valence-corrected chi connectivity index (χ2v) is 11.8. The molecule has 240 valence electrons. The number of aromatic nitrogens is 6. The number of unbranched alkanes of at least 4 members (excludes halogenated alkanes) is 1. The summed E-state index contributed by atoms with van der Waals surface area (Å²) < 4.78 is 26.2. The number of aryl methyl sites for hydroxylation is 1. The van der Waals surface area contributed by atoms with E-state index in [2.05, 4.69) is 27.2 Å². The van der Waals surface area contributed by atoms with Crippen molar-refractivity contribution in [2.45, 2.75) is 65.3 Å². The summed E-state index contributed by atoms with van der Waals surface area (Å²) in [5.74, 6) is 0.757. The zero-order valence-electron chi connectivity index (χ0n) is 26.5. The van der Waals surface area contributed by atoms with Crippen molar-refractivity contribution in [1.29, 1.82) is 0 Å². The first kappa shape index (κ1) is 31.5. The first-order valence-corrected chi connectivity index (χ1v) is 15.7. The first-order valence-electron chi connectivity index (χ1n) is 15.7. The van der Waals surface area contributed by atoms with Gasteiger partial charge in [0.2, 0.25) is 5.89 Å². The van der Waals surface area contributed by atoms with E-state index >= 15 is 0 Å². The van der Waals surface area contributed by atoms with Crippen molar-refractivity contribution in [2.24, 2.45) is 0 Å². The third-order valence-corrected chi connectivity index (χ3v) is 8.05. The summed E-state index contributed by atoms with van der Waals surface area (Å²) in [7, 11) is 0. The molecule has 0 amide bonds. The van der Waals surface area contributed by atoms with Crippen molar-refractivity contribution in [2.75, 3.05) is 0 Å². The molecule has 0 bridgehead atoms. The summed E-state index contributed by atoms with van der Waals surface area (Å²) >= 11 is 0. The van der Waals surface area contributed by atoms with Gasteiger partial charge in [0.25, 0.3) is 5.56 Å². The van der Waals surface area contributed by atoms with Crippen LogP contribution < -0.4 is 11.3 Å². The van der Waals surface area contributed by atoms with Gasteiger partial charge in [0, 0.05) is 24.0 Å². The molecule has 0 saturated heterocycles. The summed E-state index contributed by atoms with van der Waals surface area (Å²) in [5.41, 5.74) is 5.00. The Hall–Kier alpha value is -5.45. The van der Waals surface area contributed by atoms with Crippen LogP contribution in [0.15, 0.2) is 91.4 Å². The maximum Gasteiger partial charge on any atom is 0.439 e. The quantitative estimate of drug-likeness (QED) is 0.162. The van der Waals surface area contributed by atoms with E-state index in [0.29, 0.717) is 41.4 Å². The first-order chi connectivity index (χ1) is 22.8. The minimum Gasteiger partial charge on any atom is -0.339 e. The number of H-pyrrole nitrogens is 1. The van der Waals surface area contributed by atoms with E-state index in [1.54, 1.807) is 22.8 Å². The van der Waals surface area contributed by atoms with Crippen molar-refractivity contribution < 1.29 is 13.4 Å². The van der Waals surface area contributed by atoms with Gasteiger partial charge < -0.3 is 4.52 Å². The Morgan fingerprint density at radius 2 is 1.62 bits per heavy atom. The maximum absolute atomic E-state index is 14.3. The minimum absolute atomic E-state index is 0.00691. The average molecular weight is 635 g/mol. The molecule has 0 fully saturated rings. The van der Waals surface area contributed by atoms with E-state index in [4.69, 9.17) is 14.0 Å². The highest BCUT2D eigenvalue weighted by molar-refractivity contribution is 5.80. The van der Waals surface area contributed by atoms with E-state index in [-0.39, 0.29) is 36.0 Å². The molecule has 0 aliphatic carbocycles. The number of hydrogen-bond acceptors (Lipinski definition) is 8. The van der Waals surface area contributed by atoms with Crippen molar-refractivity contribution in [3.8, 4) is 22.5 Å². The molecule has 6 aromatic rings. The molecule has 3 aromatic heterocycles. The Morgan fingerprint density at radius 1 is 0.872 bits per heavy atom. The van der Waals surface area contributed by atoms with Crippen LogP contribution in [0.25, 0.3) is 22.5 Å². The summed E-state index contributed by atoms with van der Waals surface area (Å²) in [6.07, 6.45) is 2.83. The molecule has 0 aliphatic rings. The van der Waals surface area contributed by atoms with Gasteiger partial charge in [-0.1, -0.05) is 104 Å². The predicted molar refractivity (Wildman–Crippen MR) is 175 cm³/mol. The van der Waals surface area contributed by atoms with Gasteiger partial charge in [-0.25, -0.2) is 14.2 Å². The number of benzene rings is 3. The van der Waals surface area contributed by atoms with Crippen molar-refractivity contribution in [3.63, 3.8) is 0 Å². The Labute approximate surface area is 270 Å². The van der Waals surface area contributed by atoms with Gasteiger partial charge in [0.1, 0.15) is 11.6 Å². The molecule has 6 rings (SSSR count). The number of hydrogen-bond donors (Lipinski definition) is 1. The molecule has 10 nitrogen and oxygen atoms in total. The number of aromatic amines is 1. The molecule has 3 aromatic carbocycles. The van der Waals surface area contributed by atoms with Crippen LogP contribution in [0.5, 0.6) is 0 Å². The molecule has 1 N–H and O–H groups in total. The monoisotopic (exact) mass is 634 g/mol. The Balaban J connectivity index is 1.32. The van der Waals surface area contributed by atoms with Gasteiger partial charge in [-0.05, 0) is 40.7 Å². The van der Waals surface area contributed by atoms with Crippen LogP contribution in [-0.2, 0) is 25.8 Å². The third-order valence-electron chi connectivity index (χ3n) is 8.05. The Kier molecular flexibility index (Phi) is 9.32. The molecular weight excluding hydrogens is 599 g/mol. The summed E-state index contributed by atoms with van der Waals surface area (Å²) in [4.78, 5) is 38.0. The standard InChI is InChI=1S/C36H35FN6O4/c1-4-5-14-31-39-33(22(2)3)28(20-32-38-30(41-46-32)19-25-10-6-9-13-29(25)37)35(44)43(31)21-23-15-17-24(18-16-23)26-11-7-8-12-27(26)34-40-36(45)47-42-34/h6-13,15-18,22H,4-5,14,19-21H2,1-3H3,(H,40,42,45). The fourth-order valence-electron chi connectivity index (χ4n) is 5.65. The molecular formula is C36H35FN6O4. The van der Waals surface area contributed by atoms with Crippen molar-refractivity contribution in [1.82, 2.24) is 29.8 Å². The highest BCUT2D eigenvalue weighted by Gasteiger charge is 2.22. The molecule has 0 unspecified atom stereocenters. The van der Waals surface area contributed by atoms with Crippen LogP contribution in [0.1, 0.15) is 79.5 Å². The van der Waals surface area contributed by atoms with Crippen LogP contribution in [0.2, 0.25) is 0 Å². The van der Waals surface area contributed by atoms with E-state index in [0.717, 1.165) is 40.9 Å². The summed E-state index contributed by atoms with van der Waals surface area (Å²) in [5, 5.41) is 7.90. The van der Waals surface area contributed by atoms with Crippen LogP contribution in [0.4, 0.5) is 4.39 Å². The highest BCUT2D eigenvalue weighted by atomic mass is 19.1. The smallest absolute Gasteiger partial charge is 0.339 e. The summed E-state index contributed by atoms with van der Waals surface area (Å²) in [6.45, 7) is 6.47. The van der Waals surface area contributed by atoms with Crippen molar-refractivity contribution >= 4 is 0 Å². The molecule has 47 heavy (non-hydrogen) atoms. The zero-order chi connectivity index (χ0) is 32.9. The predicted octanol–water partition coefficient (Wildman–Crippen LogP) is 6.47. The van der Waals surface area contributed by atoms with E-state index < -0.39 is 5.76 Å². The van der Waals surface area contributed by atoms with Gasteiger partial charge in [-0.15, -0.1) is 0 Å². The number of nitrogens with zero attached hydrogens (tertiary/aromatic N) is 5.